The third kappa shape index (κ3) is 5.81. The number of nitrogens with one attached hydrogen (secondary N) is 1. The van der Waals surface area contributed by atoms with Crippen LogP contribution in [0, 0.1) is 11.3 Å². The second-order valence-corrected chi connectivity index (χ2v) is 5.84. The molecule has 0 aliphatic carbocycles. The topological polar surface area (TPSA) is 99.4 Å². The van der Waals surface area contributed by atoms with Crippen molar-refractivity contribution in [1.82, 2.24) is 4.72 Å². The molecule has 1 aromatic rings. The molecule has 1 aromatic carbocycles. The van der Waals surface area contributed by atoms with Crippen LogP contribution in [0.3, 0.4) is 0 Å². The molecular weight excluding hydrogens is 268 g/mol. The normalized spacial score (nSPS) is 12.9. The van der Waals surface area contributed by atoms with Gasteiger partial charge in [-0.2, -0.15) is 5.26 Å². The molecule has 0 bridgehead atoms. The number of ether oxygens (including phenoxy) is 1. The molecule has 0 spiro atoms. The van der Waals surface area contributed by atoms with Crippen molar-refractivity contribution in [3.63, 3.8) is 0 Å². The van der Waals surface area contributed by atoms with Crippen molar-refractivity contribution >= 4 is 10.0 Å². The molecule has 0 fully saturated rings. The number of benzene rings is 1. The number of aliphatic hydroxyl groups excluding tert-OH is 1. The first kappa shape index (κ1) is 15.6. The Kier molecular flexibility index (Phi) is 5.92. The molecule has 0 aliphatic heterocycles. The third-order valence-electron chi connectivity index (χ3n) is 2.31. The maximum absolute atomic E-state index is 11.8. The molecule has 0 radical (unpaired) electrons. The van der Waals surface area contributed by atoms with Gasteiger partial charge in [-0.05, 0) is 17.7 Å². The monoisotopic (exact) mass is 284 g/mol. The summed E-state index contributed by atoms with van der Waals surface area (Å²) in [6.07, 6.45) is -0.884. The van der Waals surface area contributed by atoms with E-state index in [-0.39, 0.29) is 18.9 Å². The fourth-order valence-electron chi connectivity index (χ4n) is 1.48. The summed E-state index contributed by atoms with van der Waals surface area (Å²) < 4.78 is 30.5. The van der Waals surface area contributed by atoms with Gasteiger partial charge in [-0.1, -0.05) is 12.1 Å². The highest BCUT2D eigenvalue weighted by Crippen LogP contribution is 2.07. The van der Waals surface area contributed by atoms with E-state index in [0.29, 0.717) is 11.1 Å². The van der Waals surface area contributed by atoms with E-state index in [1.165, 1.54) is 13.2 Å². The van der Waals surface area contributed by atoms with E-state index in [4.69, 9.17) is 10.00 Å². The Morgan fingerprint density at radius 2 is 2.26 bits per heavy atom. The van der Waals surface area contributed by atoms with Gasteiger partial charge in [-0.15, -0.1) is 0 Å². The van der Waals surface area contributed by atoms with Crippen LogP contribution < -0.4 is 4.72 Å². The van der Waals surface area contributed by atoms with E-state index in [1.54, 1.807) is 18.2 Å². The Bertz CT molecular complexity index is 551. The average molecular weight is 284 g/mol. The van der Waals surface area contributed by atoms with Crippen LogP contribution in [0.15, 0.2) is 24.3 Å². The second-order valence-electron chi connectivity index (χ2n) is 4.03. The average Bonchev–Trinajstić information content (AvgIpc) is 2.37. The van der Waals surface area contributed by atoms with Crippen molar-refractivity contribution in [3.8, 4) is 6.07 Å². The van der Waals surface area contributed by atoms with Crippen molar-refractivity contribution in [2.75, 3.05) is 20.3 Å². The molecule has 7 heteroatoms. The Labute approximate surface area is 112 Å². The quantitative estimate of drug-likeness (QED) is 0.733. The first-order valence-corrected chi connectivity index (χ1v) is 7.25. The Morgan fingerprint density at radius 1 is 1.53 bits per heavy atom. The van der Waals surface area contributed by atoms with Crippen LogP contribution in [0.25, 0.3) is 0 Å². The van der Waals surface area contributed by atoms with Crippen LogP contribution in [0.2, 0.25) is 0 Å². The standard InChI is InChI=1S/C12H16N2O4S/c1-18-8-12(15)7-14-19(16,17)9-11-4-2-3-10(5-11)6-13/h2-5,12,14-15H,7-9H2,1H3. The highest BCUT2D eigenvalue weighted by Gasteiger charge is 2.14. The fourth-order valence-corrected chi connectivity index (χ4v) is 2.64. The molecule has 0 saturated carbocycles. The predicted molar refractivity (Wildman–Crippen MR) is 69.7 cm³/mol. The Balaban J connectivity index is 2.61. The van der Waals surface area contributed by atoms with Crippen molar-refractivity contribution in [3.05, 3.63) is 35.4 Å². The minimum absolute atomic E-state index is 0.0619. The van der Waals surface area contributed by atoms with Crippen LogP contribution in [0.4, 0.5) is 0 Å². The van der Waals surface area contributed by atoms with Gasteiger partial charge in [-0.3, -0.25) is 0 Å². The van der Waals surface area contributed by atoms with Gasteiger partial charge in [-0.25, -0.2) is 13.1 Å². The molecule has 19 heavy (non-hydrogen) atoms. The van der Waals surface area contributed by atoms with Crippen LogP contribution in [0.1, 0.15) is 11.1 Å². The van der Waals surface area contributed by atoms with Crippen LogP contribution in [-0.2, 0) is 20.5 Å². The van der Waals surface area contributed by atoms with E-state index in [9.17, 15) is 13.5 Å². The molecule has 1 unspecified atom stereocenters. The predicted octanol–water partition coefficient (Wildman–Crippen LogP) is -0.0150. The minimum atomic E-state index is -3.55. The van der Waals surface area contributed by atoms with Crippen molar-refractivity contribution in [1.29, 1.82) is 5.26 Å². The number of sulfonamides is 1. The molecule has 0 aliphatic rings. The first-order chi connectivity index (χ1) is 8.96. The number of methoxy groups -OCH3 is 1. The van der Waals surface area contributed by atoms with Crippen molar-refractivity contribution in [2.45, 2.75) is 11.9 Å². The molecule has 6 nitrogen and oxygen atoms in total. The largest absolute Gasteiger partial charge is 0.389 e. The smallest absolute Gasteiger partial charge is 0.215 e. The van der Waals surface area contributed by atoms with Crippen LogP contribution >= 0.6 is 0 Å². The highest BCUT2D eigenvalue weighted by atomic mass is 32.2. The summed E-state index contributed by atoms with van der Waals surface area (Å²) in [7, 11) is -2.13. The van der Waals surface area contributed by atoms with E-state index in [2.05, 4.69) is 4.72 Å². The highest BCUT2D eigenvalue weighted by molar-refractivity contribution is 7.88. The number of aliphatic hydroxyl groups is 1. The number of nitriles is 1. The third-order valence-corrected chi connectivity index (χ3v) is 3.63. The lowest BCUT2D eigenvalue weighted by Crippen LogP contribution is -2.35. The summed E-state index contributed by atoms with van der Waals surface area (Å²) in [5.74, 6) is -0.234. The number of hydrogen-bond acceptors (Lipinski definition) is 5. The van der Waals surface area contributed by atoms with E-state index < -0.39 is 16.1 Å². The van der Waals surface area contributed by atoms with Gasteiger partial charge in [0.1, 0.15) is 0 Å². The van der Waals surface area contributed by atoms with Gasteiger partial charge in [0.2, 0.25) is 10.0 Å². The fraction of sp³-hybridized carbons (Fsp3) is 0.417. The van der Waals surface area contributed by atoms with Gasteiger partial charge in [0.15, 0.2) is 0 Å². The SMILES string of the molecule is COCC(O)CNS(=O)(=O)Cc1cccc(C#N)c1. The Morgan fingerprint density at radius 3 is 2.89 bits per heavy atom. The number of nitrogens with zero attached hydrogens (tertiary/aromatic N) is 1. The zero-order chi connectivity index (χ0) is 14.3. The van der Waals surface area contributed by atoms with E-state index in [0.717, 1.165) is 0 Å². The Hall–Kier alpha value is -1.46. The van der Waals surface area contributed by atoms with Gasteiger partial charge in [0.05, 0.1) is 30.1 Å². The summed E-state index contributed by atoms with van der Waals surface area (Å²) >= 11 is 0. The molecule has 1 atom stereocenters. The summed E-state index contributed by atoms with van der Waals surface area (Å²) in [4.78, 5) is 0. The summed E-state index contributed by atoms with van der Waals surface area (Å²) in [5, 5.41) is 18.1. The summed E-state index contributed by atoms with van der Waals surface area (Å²) in [6.45, 7) is -0.0411. The molecule has 1 rings (SSSR count). The number of rotatable bonds is 7. The molecular formula is C12H16N2O4S. The zero-order valence-electron chi connectivity index (χ0n) is 10.5. The van der Waals surface area contributed by atoms with Gasteiger partial charge >= 0.3 is 0 Å². The zero-order valence-corrected chi connectivity index (χ0v) is 11.4. The molecule has 0 heterocycles. The van der Waals surface area contributed by atoms with Gasteiger partial charge < -0.3 is 9.84 Å². The van der Waals surface area contributed by atoms with Crippen molar-refractivity contribution < 1.29 is 18.3 Å². The maximum atomic E-state index is 11.8. The maximum Gasteiger partial charge on any atom is 0.215 e. The molecule has 0 saturated heterocycles. The lowest BCUT2D eigenvalue weighted by Gasteiger charge is -2.11. The lowest BCUT2D eigenvalue weighted by atomic mass is 10.2. The van der Waals surface area contributed by atoms with E-state index >= 15 is 0 Å². The van der Waals surface area contributed by atoms with Crippen LogP contribution in [-0.4, -0.2) is 39.9 Å². The summed E-state index contributed by atoms with van der Waals surface area (Å²) in [6, 6.07) is 8.33. The second kappa shape index (κ2) is 7.21. The molecule has 104 valence electrons. The summed E-state index contributed by atoms with van der Waals surface area (Å²) in [5.41, 5.74) is 0.930. The first-order valence-electron chi connectivity index (χ1n) is 5.60. The molecule has 2 N–H and O–H groups in total. The molecule has 0 aromatic heterocycles. The number of hydrogen-bond donors (Lipinski definition) is 2. The van der Waals surface area contributed by atoms with E-state index in [1.807, 2.05) is 6.07 Å². The van der Waals surface area contributed by atoms with Gasteiger partial charge in [0, 0.05) is 13.7 Å². The van der Waals surface area contributed by atoms with Gasteiger partial charge in [0.25, 0.3) is 0 Å². The van der Waals surface area contributed by atoms with Crippen LogP contribution in [0.5, 0.6) is 0 Å². The lowest BCUT2D eigenvalue weighted by molar-refractivity contribution is 0.0679. The van der Waals surface area contributed by atoms with Crippen molar-refractivity contribution in [2.24, 2.45) is 0 Å². The minimum Gasteiger partial charge on any atom is -0.389 e. The molecule has 0 amide bonds.